The van der Waals surface area contributed by atoms with Gasteiger partial charge in [0, 0.05) is 0 Å². The van der Waals surface area contributed by atoms with Crippen LogP contribution in [0.3, 0.4) is 0 Å². The summed E-state index contributed by atoms with van der Waals surface area (Å²) in [6.07, 6.45) is -0.437. The highest BCUT2D eigenvalue weighted by Gasteiger charge is 2.16. The first-order chi connectivity index (χ1) is 11.5. The van der Waals surface area contributed by atoms with Crippen molar-refractivity contribution >= 4 is 16.9 Å². The molecule has 3 rings (SSSR count). The first-order valence-electron chi connectivity index (χ1n) is 7.77. The van der Waals surface area contributed by atoms with Crippen LogP contribution in [0.15, 0.2) is 53.3 Å². The number of ether oxygens (including phenoxy) is 1. The van der Waals surface area contributed by atoms with Crippen LogP contribution in [0, 0.1) is 6.92 Å². The molecule has 0 saturated heterocycles. The van der Waals surface area contributed by atoms with Crippen molar-refractivity contribution in [2.75, 3.05) is 0 Å². The zero-order valence-corrected chi connectivity index (χ0v) is 13.6. The molecule has 5 heteroatoms. The Balaban J connectivity index is 1.77. The lowest BCUT2D eigenvalue weighted by atomic mass is 10.1. The van der Waals surface area contributed by atoms with Crippen LogP contribution in [0.25, 0.3) is 10.9 Å². The second-order valence-corrected chi connectivity index (χ2v) is 5.70. The lowest BCUT2D eigenvalue weighted by Crippen LogP contribution is -2.18. The molecule has 1 heterocycles. The highest BCUT2D eigenvalue weighted by molar-refractivity contribution is 5.77. The number of aromatic amines is 1. The number of esters is 1. The summed E-state index contributed by atoms with van der Waals surface area (Å²) in [5, 5.41) is 0.514. The number of nitrogens with one attached hydrogen (secondary N) is 1. The van der Waals surface area contributed by atoms with Gasteiger partial charge in [0.05, 0.1) is 17.3 Å². The van der Waals surface area contributed by atoms with Crippen LogP contribution in [0.1, 0.15) is 30.0 Å². The molecule has 5 nitrogen and oxygen atoms in total. The quantitative estimate of drug-likeness (QED) is 0.749. The molecular formula is C19H18N2O3. The van der Waals surface area contributed by atoms with E-state index in [1.165, 1.54) is 0 Å². The molecule has 0 amide bonds. The molecule has 0 unspecified atom stereocenters. The Hall–Kier alpha value is -2.95. The van der Waals surface area contributed by atoms with Crippen molar-refractivity contribution in [3.05, 3.63) is 75.8 Å². The number of carbonyl (C=O) groups is 1. The number of fused-ring (bicyclic) bond motifs is 1. The van der Waals surface area contributed by atoms with Crippen molar-refractivity contribution < 1.29 is 9.53 Å². The van der Waals surface area contributed by atoms with Gasteiger partial charge in [0.25, 0.3) is 5.56 Å². The molecule has 0 spiro atoms. The molecule has 0 radical (unpaired) electrons. The van der Waals surface area contributed by atoms with Crippen LogP contribution >= 0.6 is 0 Å². The normalized spacial score (nSPS) is 12.1. The fourth-order valence-electron chi connectivity index (χ4n) is 2.56. The van der Waals surface area contributed by atoms with Gasteiger partial charge in [0.1, 0.15) is 0 Å². The number of aryl methyl sites for hydroxylation is 1. The fraction of sp³-hybridized carbons (Fsp3) is 0.211. The van der Waals surface area contributed by atoms with Crippen molar-refractivity contribution in [2.45, 2.75) is 26.4 Å². The van der Waals surface area contributed by atoms with Gasteiger partial charge < -0.3 is 9.72 Å². The van der Waals surface area contributed by atoms with Gasteiger partial charge in [-0.1, -0.05) is 36.4 Å². The third-order valence-electron chi connectivity index (χ3n) is 3.92. The Morgan fingerprint density at radius 3 is 2.67 bits per heavy atom. The molecular weight excluding hydrogens is 304 g/mol. The minimum Gasteiger partial charge on any atom is -0.454 e. The number of hydrogen-bond acceptors (Lipinski definition) is 4. The zero-order valence-electron chi connectivity index (χ0n) is 13.6. The molecule has 0 saturated carbocycles. The smallest absolute Gasteiger partial charge is 0.310 e. The number of benzene rings is 2. The summed E-state index contributed by atoms with van der Waals surface area (Å²) < 4.78 is 5.43. The monoisotopic (exact) mass is 322 g/mol. The Labute approximate surface area is 139 Å². The van der Waals surface area contributed by atoms with Crippen LogP contribution < -0.4 is 5.56 Å². The third-order valence-corrected chi connectivity index (χ3v) is 3.92. The number of nitrogens with zero attached hydrogens (tertiary/aromatic N) is 1. The van der Waals surface area contributed by atoms with Gasteiger partial charge in [-0.15, -0.1) is 0 Å². The van der Waals surface area contributed by atoms with E-state index in [-0.39, 0.29) is 17.9 Å². The molecule has 122 valence electrons. The summed E-state index contributed by atoms with van der Waals surface area (Å²) in [6.45, 7) is 3.65. The molecule has 24 heavy (non-hydrogen) atoms. The summed E-state index contributed by atoms with van der Waals surface area (Å²) in [5.41, 5.74) is 2.31. The van der Waals surface area contributed by atoms with Gasteiger partial charge >= 0.3 is 5.97 Å². The molecule has 0 bridgehead atoms. The van der Waals surface area contributed by atoms with Crippen LogP contribution in [-0.2, 0) is 16.0 Å². The number of hydrogen-bond donors (Lipinski definition) is 1. The van der Waals surface area contributed by atoms with E-state index in [9.17, 15) is 9.59 Å². The van der Waals surface area contributed by atoms with E-state index in [2.05, 4.69) is 9.97 Å². The van der Waals surface area contributed by atoms with Crippen molar-refractivity contribution in [3.63, 3.8) is 0 Å². The minimum atomic E-state index is -0.626. The highest BCUT2D eigenvalue weighted by Crippen LogP contribution is 2.16. The number of carbonyl (C=O) groups excluding carboxylic acids is 1. The average molecular weight is 322 g/mol. The molecule has 0 aliphatic heterocycles. The van der Waals surface area contributed by atoms with E-state index in [1.54, 1.807) is 25.1 Å². The molecule has 0 aliphatic rings. The second-order valence-electron chi connectivity index (χ2n) is 5.70. The Morgan fingerprint density at radius 2 is 1.88 bits per heavy atom. The van der Waals surface area contributed by atoms with Crippen molar-refractivity contribution in [1.82, 2.24) is 9.97 Å². The van der Waals surface area contributed by atoms with Gasteiger partial charge in [-0.05, 0) is 37.1 Å². The first kappa shape index (κ1) is 15.9. The predicted molar refractivity (Wildman–Crippen MR) is 91.8 cm³/mol. The van der Waals surface area contributed by atoms with Crippen LogP contribution in [-0.4, -0.2) is 15.9 Å². The largest absolute Gasteiger partial charge is 0.454 e. The number of para-hydroxylation sites is 1. The standard InChI is InChI=1S/C19H18N2O3/c1-12-7-3-4-8-14(12)11-17(22)24-13(2)18-20-16-10-6-5-9-15(16)19(23)21-18/h3-10,13H,11H2,1-2H3,(H,20,21,23)/t13-/m0/s1. The minimum absolute atomic E-state index is 0.189. The number of rotatable bonds is 4. The fourth-order valence-corrected chi connectivity index (χ4v) is 2.56. The maximum absolute atomic E-state index is 12.2. The van der Waals surface area contributed by atoms with Gasteiger partial charge in [0.2, 0.25) is 0 Å². The first-order valence-corrected chi connectivity index (χ1v) is 7.77. The number of H-pyrrole nitrogens is 1. The summed E-state index contributed by atoms with van der Waals surface area (Å²) in [7, 11) is 0. The van der Waals surface area contributed by atoms with Crippen LogP contribution in [0.5, 0.6) is 0 Å². The summed E-state index contributed by atoms with van der Waals surface area (Å²) >= 11 is 0. The average Bonchev–Trinajstić information content (AvgIpc) is 2.57. The van der Waals surface area contributed by atoms with Gasteiger partial charge in [-0.25, -0.2) is 4.98 Å². The molecule has 1 aromatic heterocycles. The van der Waals surface area contributed by atoms with E-state index in [4.69, 9.17) is 4.74 Å². The molecule has 1 N–H and O–H groups in total. The molecule has 2 aromatic carbocycles. The lowest BCUT2D eigenvalue weighted by molar-refractivity contribution is -0.148. The predicted octanol–water partition coefficient (Wildman–Crippen LogP) is 3.08. The van der Waals surface area contributed by atoms with E-state index in [0.29, 0.717) is 16.7 Å². The van der Waals surface area contributed by atoms with E-state index in [0.717, 1.165) is 11.1 Å². The summed E-state index contributed by atoms with van der Waals surface area (Å²) in [5.74, 6) is -0.00978. The van der Waals surface area contributed by atoms with Crippen molar-refractivity contribution in [1.29, 1.82) is 0 Å². The third kappa shape index (κ3) is 3.35. The van der Waals surface area contributed by atoms with Crippen molar-refractivity contribution in [3.8, 4) is 0 Å². The van der Waals surface area contributed by atoms with E-state index in [1.807, 2.05) is 37.3 Å². The zero-order chi connectivity index (χ0) is 17.1. The van der Waals surface area contributed by atoms with E-state index < -0.39 is 6.10 Å². The summed E-state index contributed by atoms with van der Waals surface area (Å²) in [6, 6.07) is 14.7. The van der Waals surface area contributed by atoms with Crippen molar-refractivity contribution in [2.24, 2.45) is 0 Å². The van der Waals surface area contributed by atoms with Gasteiger partial charge in [0.15, 0.2) is 11.9 Å². The Kier molecular flexibility index (Phi) is 4.42. The van der Waals surface area contributed by atoms with Gasteiger partial charge in [-0.2, -0.15) is 0 Å². The Bertz CT molecular complexity index is 946. The highest BCUT2D eigenvalue weighted by atomic mass is 16.5. The number of aromatic nitrogens is 2. The summed E-state index contributed by atoms with van der Waals surface area (Å²) in [4.78, 5) is 31.3. The topological polar surface area (TPSA) is 72.0 Å². The molecule has 0 fully saturated rings. The van der Waals surface area contributed by atoms with Crippen LogP contribution in [0.2, 0.25) is 0 Å². The maximum atomic E-state index is 12.2. The van der Waals surface area contributed by atoms with Crippen LogP contribution in [0.4, 0.5) is 0 Å². The van der Waals surface area contributed by atoms with E-state index >= 15 is 0 Å². The Morgan fingerprint density at radius 1 is 1.17 bits per heavy atom. The second kappa shape index (κ2) is 6.66. The van der Waals surface area contributed by atoms with Gasteiger partial charge in [-0.3, -0.25) is 9.59 Å². The lowest BCUT2D eigenvalue weighted by Gasteiger charge is -2.13. The SMILES string of the molecule is Cc1ccccc1CC(=O)O[C@@H](C)c1nc2ccccc2c(=O)[nH]1. The molecule has 0 aliphatic carbocycles. The molecule has 3 aromatic rings. The molecule has 1 atom stereocenters. The maximum Gasteiger partial charge on any atom is 0.310 e.